The zero-order valence-electron chi connectivity index (χ0n) is 21.0. The predicted molar refractivity (Wildman–Crippen MR) is 143 cm³/mol. The molecule has 2 N–H and O–H groups in total. The molecule has 184 valence electrons. The summed E-state index contributed by atoms with van der Waals surface area (Å²) in [7, 11) is 0. The normalized spacial score (nSPS) is 11.6. The van der Waals surface area contributed by atoms with Crippen LogP contribution in [0.15, 0.2) is 84.9 Å². The molecule has 0 aliphatic rings. The van der Waals surface area contributed by atoms with Gasteiger partial charge in [-0.2, -0.15) is 0 Å². The molecule has 1 unspecified atom stereocenters. The maximum Gasteiger partial charge on any atom is 0.255 e. The van der Waals surface area contributed by atoms with E-state index >= 15 is 0 Å². The number of para-hydroxylation sites is 1. The Labute approximate surface area is 212 Å². The molecule has 1 aromatic heterocycles. The Balaban J connectivity index is 1.57. The van der Waals surface area contributed by atoms with Crippen LogP contribution in [0.1, 0.15) is 56.3 Å². The van der Waals surface area contributed by atoms with E-state index in [0.717, 1.165) is 39.4 Å². The van der Waals surface area contributed by atoms with Gasteiger partial charge in [0.25, 0.3) is 5.91 Å². The minimum absolute atomic E-state index is 0.00329. The molecular weight excluding hydrogens is 448 g/mol. The first-order chi connectivity index (χ1) is 17.5. The largest absolute Gasteiger partial charge is 0.507 e. The number of phenolic OH excluding ortho intramolecular Hbond substituents is 1. The van der Waals surface area contributed by atoms with Crippen LogP contribution < -0.4 is 10.1 Å². The highest BCUT2D eigenvalue weighted by Gasteiger charge is 2.22. The van der Waals surface area contributed by atoms with Crippen LogP contribution in [-0.4, -0.2) is 22.5 Å². The van der Waals surface area contributed by atoms with E-state index in [1.54, 1.807) is 18.2 Å². The number of nitrogens with zero attached hydrogens (tertiary/aromatic N) is 1. The Kier molecular flexibility index (Phi) is 8.01. The maximum absolute atomic E-state index is 12.6. The van der Waals surface area contributed by atoms with Crippen LogP contribution in [0.3, 0.4) is 0 Å². The van der Waals surface area contributed by atoms with Crippen LogP contribution in [-0.2, 0) is 6.61 Å². The van der Waals surface area contributed by atoms with Crippen molar-refractivity contribution in [2.24, 2.45) is 0 Å². The van der Waals surface area contributed by atoms with Gasteiger partial charge in [0.15, 0.2) is 0 Å². The number of phenols is 1. The highest BCUT2D eigenvalue weighted by molar-refractivity contribution is 5.96. The summed E-state index contributed by atoms with van der Waals surface area (Å²) in [6, 6.07) is 26.9. The van der Waals surface area contributed by atoms with Crippen LogP contribution in [0, 0.1) is 20.8 Å². The van der Waals surface area contributed by atoms with Crippen molar-refractivity contribution in [1.82, 2.24) is 10.3 Å². The second-order valence-corrected chi connectivity index (χ2v) is 8.96. The summed E-state index contributed by atoms with van der Waals surface area (Å²) in [6.45, 7) is 7.08. The minimum Gasteiger partial charge on any atom is -0.507 e. The average Bonchev–Trinajstić information content (AvgIpc) is 2.90. The molecule has 1 amide bonds. The third-order valence-electron chi connectivity index (χ3n) is 6.53. The number of hydrogen-bond acceptors (Lipinski definition) is 4. The van der Waals surface area contributed by atoms with Gasteiger partial charge in [0.2, 0.25) is 0 Å². The van der Waals surface area contributed by atoms with Gasteiger partial charge in [-0.1, -0.05) is 72.8 Å². The lowest BCUT2D eigenvalue weighted by molar-refractivity contribution is 0.0950. The highest BCUT2D eigenvalue weighted by atomic mass is 16.5. The zero-order chi connectivity index (χ0) is 25.5. The number of aromatic nitrogens is 1. The third-order valence-corrected chi connectivity index (χ3v) is 6.53. The van der Waals surface area contributed by atoms with Crippen molar-refractivity contribution in [3.8, 4) is 11.5 Å². The summed E-state index contributed by atoms with van der Waals surface area (Å²) in [6.07, 6.45) is 0.667. The molecule has 0 saturated heterocycles. The first-order valence-electron chi connectivity index (χ1n) is 12.2. The number of aryl methyl sites for hydroxylation is 1. The van der Waals surface area contributed by atoms with Gasteiger partial charge in [0, 0.05) is 12.5 Å². The van der Waals surface area contributed by atoms with Gasteiger partial charge in [-0.3, -0.25) is 9.78 Å². The summed E-state index contributed by atoms with van der Waals surface area (Å²) in [4.78, 5) is 17.6. The van der Waals surface area contributed by atoms with Gasteiger partial charge in [-0.15, -0.1) is 0 Å². The number of aromatic hydroxyl groups is 1. The third kappa shape index (κ3) is 5.74. The Morgan fingerprint density at radius 3 is 2.22 bits per heavy atom. The fourth-order valence-electron chi connectivity index (χ4n) is 4.47. The number of amides is 1. The van der Waals surface area contributed by atoms with Gasteiger partial charge < -0.3 is 15.2 Å². The first-order valence-corrected chi connectivity index (χ1v) is 12.2. The standard InChI is InChI=1S/C31H32N2O3/c1-21-22(2)30(36-20-24-12-6-4-7-13-24)23(3)33-29(21)26(25-14-8-5-9-15-25)18-19-32-31(35)27-16-10-11-17-28(27)34/h4-17,26,34H,18-20H2,1-3H3,(H,32,35). The molecule has 4 aromatic rings. The summed E-state index contributed by atoms with van der Waals surface area (Å²) >= 11 is 0. The van der Waals surface area contributed by atoms with Crippen LogP contribution in [0.25, 0.3) is 0 Å². The summed E-state index contributed by atoms with van der Waals surface area (Å²) in [5.41, 5.74) is 6.53. The van der Waals surface area contributed by atoms with E-state index in [1.165, 1.54) is 6.07 Å². The SMILES string of the molecule is Cc1nc(C(CCNC(=O)c2ccccc2O)c2ccccc2)c(C)c(C)c1OCc1ccccc1. The Morgan fingerprint density at radius 2 is 1.53 bits per heavy atom. The second kappa shape index (κ2) is 11.5. The molecule has 1 atom stereocenters. The lowest BCUT2D eigenvalue weighted by atomic mass is 9.88. The predicted octanol–water partition coefficient (Wildman–Crippen LogP) is 6.24. The Hall–Kier alpha value is -4.12. The molecule has 1 heterocycles. The van der Waals surface area contributed by atoms with Gasteiger partial charge in [0.05, 0.1) is 17.0 Å². The minimum atomic E-state index is -0.290. The number of benzene rings is 3. The number of hydrogen-bond donors (Lipinski definition) is 2. The van der Waals surface area contributed by atoms with Crippen LogP contribution in [0.2, 0.25) is 0 Å². The lowest BCUT2D eigenvalue weighted by Gasteiger charge is -2.23. The van der Waals surface area contributed by atoms with E-state index in [1.807, 2.05) is 55.5 Å². The molecule has 5 heteroatoms. The number of rotatable bonds is 9. The van der Waals surface area contributed by atoms with Crippen LogP contribution in [0.5, 0.6) is 11.5 Å². The van der Waals surface area contributed by atoms with E-state index < -0.39 is 0 Å². The monoisotopic (exact) mass is 480 g/mol. The molecule has 5 nitrogen and oxygen atoms in total. The fourth-order valence-corrected chi connectivity index (χ4v) is 4.47. The molecule has 0 aliphatic carbocycles. The number of carbonyl (C=O) groups is 1. The number of nitrogens with one attached hydrogen (secondary N) is 1. The van der Waals surface area contributed by atoms with Gasteiger partial charge in [0.1, 0.15) is 18.1 Å². The second-order valence-electron chi connectivity index (χ2n) is 8.96. The lowest BCUT2D eigenvalue weighted by Crippen LogP contribution is -2.26. The summed E-state index contributed by atoms with van der Waals surface area (Å²) in [5, 5.41) is 13.0. The number of carbonyl (C=O) groups excluding carboxylic acids is 1. The van der Waals surface area contributed by atoms with Crippen molar-refractivity contribution in [1.29, 1.82) is 0 Å². The molecule has 36 heavy (non-hydrogen) atoms. The quantitative estimate of drug-likeness (QED) is 0.297. The Bertz CT molecular complexity index is 1320. The van der Waals surface area contributed by atoms with E-state index in [2.05, 4.69) is 31.3 Å². The Morgan fingerprint density at radius 1 is 0.889 bits per heavy atom. The number of pyridine rings is 1. The molecular formula is C31H32N2O3. The molecule has 0 spiro atoms. The number of ether oxygens (including phenoxy) is 1. The molecule has 0 aliphatic heterocycles. The highest BCUT2D eigenvalue weighted by Crippen LogP contribution is 2.35. The van der Waals surface area contributed by atoms with E-state index in [-0.39, 0.29) is 23.1 Å². The molecule has 3 aromatic carbocycles. The van der Waals surface area contributed by atoms with Crippen LogP contribution in [0.4, 0.5) is 0 Å². The van der Waals surface area contributed by atoms with E-state index in [9.17, 15) is 9.90 Å². The van der Waals surface area contributed by atoms with Gasteiger partial charge in [-0.25, -0.2) is 0 Å². The van der Waals surface area contributed by atoms with Crippen molar-refractivity contribution < 1.29 is 14.6 Å². The fraction of sp³-hybridized carbons (Fsp3) is 0.226. The van der Waals surface area contributed by atoms with E-state index in [4.69, 9.17) is 9.72 Å². The molecule has 0 fully saturated rings. The van der Waals surface area contributed by atoms with Crippen molar-refractivity contribution in [3.63, 3.8) is 0 Å². The summed E-state index contributed by atoms with van der Waals surface area (Å²) < 4.78 is 6.20. The first kappa shape index (κ1) is 25.0. The van der Waals surface area contributed by atoms with Gasteiger partial charge in [-0.05, 0) is 61.6 Å². The summed E-state index contributed by atoms with van der Waals surface area (Å²) in [5.74, 6) is 0.502. The van der Waals surface area contributed by atoms with Crippen LogP contribution >= 0.6 is 0 Å². The zero-order valence-corrected chi connectivity index (χ0v) is 21.0. The van der Waals surface area contributed by atoms with Crippen molar-refractivity contribution in [2.45, 2.75) is 39.7 Å². The van der Waals surface area contributed by atoms with Gasteiger partial charge >= 0.3 is 0 Å². The van der Waals surface area contributed by atoms with E-state index in [0.29, 0.717) is 19.6 Å². The van der Waals surface area contributed by atoms with Crippen molar-refractivity contribution >= 4 is 5.91 Å². The topological polar surface area (TPSA) is 71.5 Å². The molecule has 0 radical (unpaired) electrons. The molecule has 4 rings (SSSR count). The molecule has 0 bridgehead atoms. The average molecular weight is 481 g/mol. The smallest absolute Gasteiger partial charge is 0.255 e. The van der Waals surface area contributed by atoms with Crippen molar-refractivity contribution in [2.75, 3.05) is 6.54 Å². The molecule has 0 saturated carbocycles. The van der Waals surface area contributed by atoms with Crippen molar-refractivity contribution in [3.05, 3.63) is 124 Å². The maximum atomic E-state index is 12.6.